The van der Waals surface area contributed by atoms with E-state index in [0.29, 0.717) is 13.0 Å². The van der Waals surface area contributed by atoms with E-state index in [0.717, 1.165) is 27.4 Å². The first kappa shape index (κ1) is 14.8. The first-order valence-electron chi connectivity index (χ1n) is 7.98. The highest BCUT2D eigenvalue weighted by Gasteiger charge is 2.41. The fraction of sp³-hybridized carbons (Fsp3) is 0.263. The van der Waals surface area contributed by atoms with E-state index in [2.05, 4.69) is 6.92 Å². The molecule has 1 aliphatic carbocycles. The standard InChI is InChI=1S/C19H17NO4/c1-3-20-17(21)16(23-18(20)22)11-12-8-9-19(2)14(10-12)13-6-4-5-7-15(13)24-19/h4-8,10-11H,3,9H2,1-2H3/b16-11+. The third kappa shape index (κ3) is 2.08. The normalized spacial score (nSPS) is 26.6. The molecule has 0 spiro atoms. The largest absolute Gasteiger partial charge is 0.482 e. The van der Waals surface area contributed by atoms with Crippen LogP contribution in [0.25, 0.3) is 5.57 Å². The van der Waals surface area contributed by atoms with Crippen molar-refractivity contribution in [1.29, 1.82) is 0 Å². The fourth-order valence-electron chi connectivity index (χ4n) is 3.31. The summed E-state index contributed by atoms with van der Waals surface area (Å²) >= 11 is 0. The predicted octanol–water partition coefficient (Wildman–Crippen LogP) is 3.43. The van der Waals surface area contributed by atoms with Crippen LogP contribution in [-0.4, -0.2) is 29.0 Å². The van der Waals surface area contributed by atoms with Gasteiger partial charge in [0.15, 0.2) is 5.76 Å². The highest BCUT2D eigenvalue weighted by molar-refractivity contribution is 6.07. The van der Waals surface area contributed by atoms with Crippen LogP contribution in [0.5, 0.6) is 5.75 Å². The number of cyclic esters (lactones) is 1. The third-order valence-electron chi connectivity index (χ3n) is 4.61. The van der Waals surface area contributed by atoms with Crippen molar-refractivity contribution in [3.8, 4) is 5.75 Å². The van der Waals surface area contributed by atoms with Gasteiger partial charge >= 0.3 is 6.09 Å². The Morgan fingerprint density at radius 3 is 2.83 bits per heavy atom. The Labute approximate surface area is 139 Å². The number of carbonyl (C=O) groups excluding carboxylic acids is 2. The lowest BCUT2D eigenvalue weighted by Crippen LogP contribution is -2.30. The molecule has 2 amide bonds. The smallest absolute Gasteiger partial charge is 0.422 e. The van der Waals surface area contributed by atoms with Crippen molar-refractivity contribution >= 4 is 17.6 Å². The van der Waals surface area contributed by atoms with Crippen molar-refractivity contribution in [2.24, 2.45) is 0 Å². The van der Waals surface area contributed by atoms with Crippen LogP contribution in [0.1, 0.15) is 25.8 Å². The van der Waals surface area contributed by atoms with Crippen LogP contribution < -0.4 is 4.74 Å². The Hall–Kier alpha value is -2.82. The van der Waals surface area contributed by atoms with Crippen LogP contribution >= 0.6 is 0 Å². The summed E-state index contributed by atoms with van der Waals surface area (Å²) in [6.45, 7) is 4.09. The molecule has 0 N–H and O–H groups in total. The zero-order valence-electron chi connectivity index (χ0n) is 13.5. The minimum Gasteiger partial charge on any atom is -0.482 e. The minimum atomic E-state index is -0.614. The van der Waals surface area contributed by atoms with Gasteiger partial charge in [0.05, 0.1) is 0 Å². The van der Waals surface area contributed by atoms with Gasteiger partial charge in [-0.05, 0) is 37.6 Å². The van der Waals surface area contributed by atoms with Gasteiger partial charge in [-0.1, -0.05) is 24.3 Å². The second-order valence-electron chi connectivity index (χ2n) is 6.22. The highest BCUT2D eigenvalue weighted by atomic mass is 16.6. The fourth-order valence-corrected chi connectivity index (χ4v) is 3.31. The van der Waals surface area contributed by atoms with Crippen LogP contribution in [0.4, 0.5) is 4.79 Å². The Morgan fingerprint density at radius 1 is 1.29 bits per heavy atom. The number of para-hydroxylation sites is 1. The van der Waals surface area contributed by atoms with Crippen LogP contribution in [0, 0.1) is 0 Å². The molecule has 5 heteroatoms. The second kappa shape index (κ2) is 5.09. The third-order valence-corrected chi connectivity index (χ3v) is 4.61. The molecule has 1 aromatic carbocycles. The molecule has 0 saturated carbocycles. The summed E-state index contributed by atoms with van der Waals surface area (Å²) in [4.78, 5) is 24.9. The van der Waals surface area contributed by atoms with Gasteiger partial charge in [0.2, 0.25) is 0 Å². The molecule has 0 bridgehead atoms. The van der Waals surface area contributed by atoms with Crippen molar-refractivity contribution in [2.45, 2.75) is 25.9 Å². The van der Waals surface area contributed by atoms with Gasteiger partial charge in [0, 0.05) is 24.1 Å². The van der Waals surface area contributed by atoms with Crippen molar-refractivity contribution in [2.75, 3.05) is 6.54 Å². The molecule has 1 atom stereocenters. The van der Waals surface area contributed by atoms with Gasteiger partial charge in [0.25, 0.3) is 5.91 Å². The molecule has 1 aromatic rings. The van der Waals surface area contributed by atoms with Crippen molar-refractivity contribution in [3.63, 3.8) is 0 Å². The first-order valence-corrected chi connectivity index (χ1v) is 7.98. The number of benzene rings is 1. The molecule has 2 aliphatic heterocycles. The molecular weight excluding hydrogens is 306 g/mol. The SMILES string of the molecule is CCN1C(=O)O/C(=C/C2=CCC3(C)Oc4ccccc4C3=C2)C1=O. The summed E-state index contributed by atoms with van der Waals surface area (Å²) in [5.74, 6) is 0.549. The number of nitrogens with zero attached hydrogens (tertiary/aromatic N) is 1. The summed E-state index contributed by atoms with van der Waals surface area (Å²) < 4.78 is 11.2. The Balaban J connectivity index is 1.69. The number of allylic oxidation sites excluding steroid dienone is 3. The molecule has 3 aliphatic rings. The number of carbonyl (C=O) groups is 2. The number of likely N-dealkylation sites (N-methyl/N-ethyl adjacent to an activating group) is 1. The van der Waals surface area contributed by atoms with Gasteiger partial charge in [-0.15, -0.1) is 0 Å². The summed E-state index contributed by atoms with van der Waals surface area (Å²) in [5.41, 5.74) is 2.60. The van der Waals surface area contributed by atoms with E-state index in [-0.39, 0.29) is 5.76 Å². The lowest BCUT2D eigenvalue weighted by Gasteiger charge is -2.27. The number of imide groups is 1. The molecule has 1 fully saturated rings. The van der Waals surface area contributed by atoms with Gasteiger partial charge < -0.3 is 9.47 Å². The molecule has 24 heavy (non-hydrogen) atoms. The number of amides is 2. The van der Waals surface area contributed by atoms with Crippen molar-refractivity contribution < 1.29 is 19.1 Å². The molecule has 1 saturated heterocycles. The molecule has 1 unspecified atom stereocenters. The topological polar surface area (TPSA) is 55.8 Å². The highest BCUT2D eigenvalue weighted by Crippen LogP contribution is 2.48. The molecule has 0 aromatic heterocycles. The zero-order chi connectivity index (χ0) is 16.9. The molecule has 5 nitrogen and oxygen atoms in total. The predicted molar refractivity (Wildman–Crippen MR) is 88.1 cm³/mol. The number of hydrogen-bond acceptors (Lipinski definition) is 4. The second-order valence-corrected chi connectivity index (χ2v) is 6.22. The van der Waals surface area contributed by atoms with E-state index < -0.39 is 17.6 Å². The van der Waals surface area contributed by atoms with E-state index in [9.17, 15) is 9.59 Å². The van der Waals surface area contributed by atoms with Crippen LogP contribution in [0.2, 0.25) is 0 Å². The van der Waals surface area contributed by atoms with Crippen LogP contribution in [-0.2, 0) is 9.53 Å². The minimum absolute atomic E-state index is 0.0701. The van der Waals surface area contributed by atoms with Gasteiger partial charge in [-0.25, -0.2) is 9.69 Å². The molecule has 2 heterocycles. The summed E-state index contributed by atoms with van der Waals surface area (Å²) in [5, 5.41) is 0. The molecule has 0 radical (unpaired) electrons. The Morgan fingerprint density at radius 2 is 2.08 bits per heavy atom. The van der Waals surface area contributed by atoms with E-state index in [1.807, 2.05) is 36.4 Å². The average Bonchev–Trinajstić information content (AvgIpc) is 3.01. The Bertz CT molecular complexity index is 849. The Kier molecular flexibility index (Phi) is 3.13. The van der Waals surface area contributed by atoms with Gasteiger partial charge in [0.1, 0.15) is 11.4 Å². The van der Waals surface area contributed by atoms with E-state index in [4.69, 9.17) is 9.47 Å². The van der Waals surface area contributed by atoms with Gasteiger partial charge in [-0.3, -0.25) is 4.79 Å². The lowest BCUT2D eigenvalue weighted by atomic mass is 9.83. The number of rotatable bonds is 2. The monoisotopic (exact) mass is 323 g/mol. The van der Waals surface area contributed by atoms with Crippen molar-refractivity contribution in [1.82, 2.24) is 4.90 Å². The number of fused-ring (bicyclic) bond motifs is 3. The molecular formula is C19H17NO4. The summed E-state index contributed by atoms with van der Waals surface area (Å²) in [7, 11) is 0. The maximum atomic E-state index is 12.1. The summed E-state index contributed by atoms with van der Waals surface area (Å²) in [6, 6.07) is 7.92. The maximum absolute atomic E-state index is 12.1. The molecule has 122 valence electrons. The summed E-state index contributed by atoms with van der Waals surface area (Å²) in [6.07, 6.45) is 5.70. The lowest BCUT2D eigenvalue weighted by molar-refractivity contribution is -0.123. The van der Waals surface area contributed by atoms with Crippen LogP contribution in [0.15, 0.2) is 53.8 Å². The van der Waals surface area contributed by atoms with E-state index in [1.165, 1.54) is 0 Å². The number of hydrogen-bond donors (Lipinski definition) is 0. The van der Waals surface area contributed by atoms with Gasteiger partial charge in [-0.2, -0.15) is 0 Å². The quantitative estimate of drug-likeness (QED) is 0.782. The van der Waals surface area contributed by atoms with Crippen LogP contribution in [0.3, 0.4) is 0 Å². The van der Waals surface area contributed by atoms with Crippen molar-refractivity contribution in [3.05, 3.63) is 59.4 Å². The molecule has 4 rings (SSSR count). The first-order chi connectivity index (χ1) is 11.5. The average molecular weight is 323 g/mol. The number of ether oxygens (including phenoxy) is 2. The zero-order valence-corrected chi connectivity index (χ0v) is 13.5. The maximum Gasteiger partial charge on any atom is 0.422 e. The van der Waals surface area contributed by atoms with E-state index in [1.54, 1.807) is 13.0 Å². The van der Waals surface area contributed by atoms with E-state index >= 15 is 0 Å².